The second kappa shape index (κ2) is 11.8. The highest BCUT2D eigenvalue weighted by atomic mass is 79.9. The van der Waals surface area contributed by atoms with Crippen molar-refractivity contribution in [2.75, 3.05) is 19.0 Å². The van der Waals surface area contributed by atoms with E-state index in [1.807, 2.05) is 61.5 Å². The first kappa shape index (κ1) is 27.2. The predicted octanol–water partition coefficient (Wildman–Crippen LogP) is 7.30. The van der Waals surface area contributed by atoms with Crippen LogP contribution in [0, 0.1) is 0 Å². The van der Waals surface area contributed by atoms with Crippen LogP contribution in [0.25, 0.3) is 22.0 Å². The number of esters is 1. The van der Waals surface area contributed by atoms with E-state index in [-0.39, 0.29) is 5.75 Å². The molecule has 1 aromatic heterocycles. The van der Waals surface area contributed by atoms with Crippen LogP contribution in [0.15, 0.2) is 101 Å². The molecule has 0 saturated heterocycles. The summed E-state index contributed by atoms with van der Waals surface area (Å²) in [7, 11) is 3.95. The SMILES string of the molecule is CN(C)c1ccc2[nH]c(C(=O)NN=Cc3cc(Br)ccc3OC(=O)c3ccc(Cl)cc3)c(-c3ccccc3)c2c1. The summed E-state index contributed by atoms with van der Waals surface area (Å²) in [6, 6.07) is 27.3. The zero-order valence-corrected chi connectivity index (χ0v) is 24.0. The monoisotopic (exact) mass is 614 g/mol. The smallest absolute Gasteiger partial charge is 0.343 e. The van der Waals surface area contributed by atoms with Crippen molar-refractivity contribution in [1.29, 1.82) is 0 Å². The molecule has 0 atom stereocenters. The number of aromatic amines is 1. The molecule has 5 aromatic rings. The van der Waals surface area contributed by atoms with Gasteiger partial charge in [-0.3, -0.25) is 4.79 Å². The Morgan fingerprint density at radius 3 is 2.45 bits per heavy atom. The van der Waals surface area contributed by atoms with Gasteiger partial charge in [0.2, 0.25) is 0 Å². The number of hydrazone groups is 1. The highest BCUT2D eigenvalue weighted by Gasteiger charge is 2.20. The summed E-state index contributed by atoms with van der Waals surface area (Å²) in [5.74, 6) is -0.666. The number of benzene rings is 4. The van der Waals surface area contributed by atoms with E-state index < -0.39 is 11.9 Å². The third-order valence-electron chi connectivity index (χ3n) is 6.21. The van der Waals surface area contributed by atoms with Gasteiger partial charge >= 0.3 is 5.97 Å². The van der Waals surface area contributed by atoms with Crippen LogP contribution < -0.4 is 15.1 Å². The third-order valence-corrected chi connectivity index (χ3v) is 6.96. The van der Waals surface area contributed by atoms with Gasteiger partial charge in [-0.1, -0.05) is 57.9 Å². The molecule has 7 nitrogen and oxygen atoms in total. The van der Waals surface area contributed by atoms with Gasteiger partial charge in [-0.05, 0) is 66.2 Å². The summed E-state index contributed by atoms with van der Waals surface area (Å²) in [5, 5.41) is 5.63. The molecule has 40 heavy (non-hydrogen) atoms. The maximum Gasteiger partial charge on any atom is 0.343 e. The molecule has 1 heterocycles. The average molecular weight is 616 g/mol. The van der Waals surface area contributed by atoms with Gasteiger partial charge in [0.15, 0.2) is 0 Å². The van der Waals surface area contributed by atoms with Gasteiger partial charge in [-0.25, -0.2) is 10.2 Å². The van der Waals surface area contributed by atoms with Crippen molar-refractivity contribution in [2.24, 2.45) is 5.10 Å². The Labute approximate surface area is 244 Å². The van der Waals surface area contributed by atoms with E-state index in [1.54, 1.807) is 42.5 Å². The number of amides is 1. The fourth-order valence-electron chi connectivity index (χ4n) is 4.21. The number of carbonyl (C=O) groups is 2. The largest absolute Gasteiger partial charge is 0.422 e. The number of nitrogens with one attached hydrogen (secondary N) is 2. The maximum atomic E-state index is 13.4. The fraction of sp³-hybridized carbons (Fsp3) is 0.0645. The number of ether oxygens (including phenoxy) is 1. The van der Waals surface area contributed by atoms with Gasteiger partial charge < -0.3 is 14.6 Å². The van der Waals surface area contributed by atoms with E-state index in [9.17, 15) is 9.59 Å². The molecule has 9 heteroatoms. The number of hydrogen-bond acceptors (Lipinski definition) is 5. The van der Waals surface area contributed by atoms with E-state index in [1.165, 1.54) is 6.21 Å². The van der Waals surface area contributed by atoms with Gasteiger partial charge in [-0.2, -0.15) is 5.10 Å². The standard InChI is InChI=1S/C31H24BrClN4O3/c1-37(2)24-13-14-26-25(17-24)28(19-6-4-3-5-7-19)29(35-26)30(38)36-34-18-21-16-22(32)10-15-27(21)40-31(39)20-8-11-23(33)12-9-20/h3-18,35H,1-2H3,(H,36,38). The van der Waals surface area contributed by atoms with Gasteiger partial charge in [-0.15, -0.1) is 0 Å². The predicted molar refractivity (Wildman–Crippen MR) is 164 cm³/mol. The summed E-state index contributed by atoms with van der Waals surface area (Å²) in [6.07, 6.45) is 1.43. The quantitative estimate of drug-likeness (QED) is 0.0871. The Hall–Kier alpha value is -4.40. The first-order valence-corrected chi connectivity index (χ1v) is 13.5. The van der Waals surface area contributed by atoms with E-state index in [2.05, 4.69) is 37.5 Å². The van der Waals surface area contributed by atoms with Crippen molar-refractivity contribution in [2.45, 2.75) is 0 Å². The first-order valence-electron chi connectivity index (χ1n) is 12.3. The minimum absolute atomic E-state index is 0.285. The maximum absolute atomic E-state index is 13.4. The molecule has 0 bridgehead atoms. The van der Waals surface area contributed by atoms with Gasteiger partial charge in [0.25, 0.3) is 5.91 Å². The number of hydrogen-bond donors (Lipinski definition) is 2. The summed E-state index contributed by atoms with van der Waals surface area (Å²) >= 11 is 9.35. The highest BCUT2D eigenvalue weighted by Crippen LogP contribution is 2.34. The van der Waals surface area contributed by atoms with E-state index >= 15 is 0 Å². The number of anilines is 1. The molecule has 0 aliphatic carbocycles. The fourth-order valence-corrected chi connectivity index (χ4v) is 4.71. The van der Waals surface area contributed by atoms with Crippen molar-refractivity contribution in [3.63, 3.8) is 0 Å². The van der Waals surface area contributed by atoms with Crippen LogP contribution in [0.5, 0.6) is 5.75 Å². The van der Waals surface area contributed by atoms with Gasteiger partial charge in [0.05, 0.1) is 11.8 Å². The minimum Gasteiger partial charge on any atom is -0.422 e. The number of H-pyrrole nitrogens is 1. The lowest BCUT2D eigenvalue weighted by Crippen LogP contribution is -2.19. The molecule has 0 spiro atoms. The van der Waals surface area contributed by atoms with Crippen LogP contribution in [-0.2, 0) is 0 Å². The molecule has 0 saturated carbocycles. The van der Waals surface area contributed by atoms with E-state index in [0.717, 1.165) is 32.2 Å². The average Bonchev–Trinajstić information content (AvgIpc) is 3.34. The molecular weight excluding hydrogens is 592 g/mol. The Kier molecular flexibility index (Phi) is 8.00. The number of nitrogens with zero attached hydrogens (tertiary/aromatic N) is 2. The first-order chi connectivity index (χ1) is 19.3. The minimum atomic E-state index is -0.541. The van der Waals surface area contributed by atoms with Crippen LogP contribution >= 0.6 is 27.5 Å². The molecule has 5 rings (SSSR count). The Morgan fingerprint density at radius 1 is 0.975 bits per heavy atom. The Balaban J connectivity index is 1.42. The number of fused-ring (bicyclic) bond motifs is 1. The van der Waals surface area contributed by atoms with Crippen molar-refractivity contribution in [1.82, 2.24) is 10.4 Å². The molecule has 0 radical (unpaired) electrons. The van der Waals surface area contributed by atoms with Crippen LogP contribution in [-0.4, -0.2) is 37.2 Å². The number of aromatic nitrogens is 1. The zero-order valence-electron chi connectivity index (χ0n) is 21.6. The van der Waals surface area contributed by atoms with Crippen molar-refractivity contribution >= 4 is 62.2 Å². The second-order valence-electron chi connectivity index (χ2n) is 9.14. The lowest BCUT2D eigenvalue weighted by molar-refractivity contribution is 0.0734. The second-order valence-corrected chi connectivity index (χ2v) is 10.5. The summed E-state index contributed by atoms with van der Waals surface area (Å²) in [6.45, 7) is 0. The van der Waals surface area contributed by atoms with Crippen LogP contribution in [0.3, 0.4) is 0 Å². The molecule has 4 aromatic carbocycles. The van der Waals surface area contributed by atoms with Crippen molar-refractivity contribution in [3.05, 3.63) is 117 Å². The van der Waals surface area contributed by atoms with Crippen molar-refractivity contribution in [3.8, 4) is 16.9 Å². The number of rotatable bonds is 7. The molecule has 2 N–H and O–H groups in total. The van der Waals surface area contributed by atoms with Crippen LogP contribution in [0.4, 0.5) is 5.69 Å². The molecule has 0 fully saturated rings. The molecule has 0 aliphatic heterocycles. The molecule has 0 unspecified atom stereocenters. The Bertz CT molecular complexity index is 1730. The van der Waals surface area contributed by atoms with E-state index in [0.29, 0.717) is 21.8 Å². The van der Waals surface area contributed by atoms with Gasteiger partial charge in [0.1, 0.15) is 11.4 Å². The number of carbonyl (C=O) groups excluding carboxylic acids is 2. The third kappa shape index (κ3) is 5.93. The number of halogens is 2. The van der Waals surface area contributed by atoms with E-state index in [4.69, 9.17) is 16.3 Å². The molecule has 0 aliphatic rings. The zero-order chi connectivity index (χ0) is 28.2. The van der Waals surface area contributed by atoms with Crippen LogP contribution in [0.2, 0.25) is 5.02 Å². The lowest BCUT2D eigenvalue weighted by Gasteiger charge is -2.12. The highest BCUT2D eigenvalue weighted by molar-refractivity contribution is 9.10. The van der Waals surface area contributed by atoms with Crippen molar-refractivity contribution < 1.29 is 14.3 Å². The summed E-state index contributed by atoms with van der Waals surface area (Å²) in [5.41, 5.74) is 7.39. The normalized spacial score (nSPS) is 11.1. The topological polar surface area (TPSA) is 86.8 Å². The van der Waals surface area contributed by atoms with Gasteiger partial charge in [0, 0.05) is 51.3 Å². The Morgan fingerprint density at radius 2 is 1.73 bits per heavy atom. The summed E-state index contributed by atoms with van der Waals surface area (Å²) < 4.78 is 6.35. The molecule has 200 valence electrons. The molecular formula is C31H24BrClN4O3. The van der Waals surface area contributed by atoms with Crippen LogP contribution in [0.1, 0.15) is 26.4 Å². The summed E-state index contributed by atoms with van der Waals surface area (Å²) in [4.78, 5) is 31.3. The molecule has 1 amide bonds. The lowest BCUT2D eigenvalue weighted by atomic mass is 10.0.